The van der Waals surface area contributed by atoms with Crippen molar-refractivity contribution in [3.63, 3.8) is 0 Å². The zero-order valence-corrected chi connectivity index (χ0v) is 10.4. The fourth-order valence-corrected chi connectivity index (χ4v) is 1.33. The predicted octanol–water partition coefficient (Wildman–Crippen LogP) is 1.61. The van der Waals surface area contributed by atoms with Gasteiger partial charge in [-0.15, -0.1) is 6.42 Å². The van der Waals surface area contributed by atoms with Gasteiger partial charge in [0.1, 0.15) is 11.5 Å². The number of hydrogen-bond acceptors (Lipinski definition) is 3. The molecule has 1 aromatic rings. The molecule has 0 bridgehead atoms. The molecular weight excluding hydrogens is 214 g/mol. The van der Waals surface area contributed by atoms with Crippen molar-refractivity contribution < 1.29 is 4.79 Å². The van der Waals surface area contributed by atoms with Gasteiger partial charge in [0.05, 0.1) is 6.54 Å². The van der Waals surface area contributed by atoms with Crippen molar-refractivity contribution >= 4 is 11.7 Å². The van der Waals surface area contributed by atoms with Crippen LogP contribution in [0, 0.1) is 12.3 Å². The average molecular weight is 231 g/mol. The van der Waals surface area contributed by atoms with Crippen LogP contribution in [0.3, 0.4) is 0 Å². The van der Waals surface area contributed by atoms with Gasteiger partial charge in [-0.2, -0.15) is 0 Å². The molecule has 0 spiro atoms. The van der Waals surface area contributed by atoms with Crippen LogP contribution in [0.4, 0.5) is 5.82 Å². The minimum atomic E-state index is -0.171. The van der Waals surface area contributed by atoms with Crippen molar-refractivity contribution in [2.75, 3.05) is 18.9 Å². The molecule has 1 N–H and O–H groups in total. The number of anilines is 1. The minimum Gasteiger partial charge on any atom is -0.368 e. The van der Waals surface area contributed by atoms with Crippen LogP contribution in [0.2, 0.25) is 0 Å². The highest BCUT2D eigenvalue weighted by molar-refractivity contribution is 5.92. The summed E-state index contributed by atoms with van der Waals surface area (Å²) in [6.45, 7) is 4.31. The van der Waals surface area contributed by atoms with Crippen LogP contribution in [0.1, 0.15) is 24.3 Å². The first-order valence-corrected chi connectivity index (χ1v) is 5.47. The van der Waals surface area contributed by atoms with E-state index in [0.29, 0.717) is 11.5 Å². The summed E-state index contributed by atoms with van der Waals surface area (Å²) in [5.41, 5.74) is 0.397. The maximum Gasteiger partial charge on any atom is 0.273 e. The Balaban J connectivity index is 2.84. The number of pyridine rings is 1. The first-order chi connectivity index (χ1) is 8.04. The molecule has 0 unspecified atom stereocenters. The van der Waals surface area contributed by atoms with Crippen LogP contribution < -0.4 is 5.32 Å². The topological polar surface area (TPSA) is 45.2 Å². The number of nitrogens with zero attached hydrogens (tertiary/aromatic N) is 2. The standard InChI is InChI=1S/C13H17N3O/c1-5-9-16(4)13(17)11-7-6-8-12(15-11)14-10(2)3/h1,6-8,10H,9H2,2-4H3,(H,14,15). The Hall–Kier alpha value is -2.02. The average Bonchev–Trinajstić information content (AvgIpc) is 2.28. The molecule has 4 nitrogen and oxygen atoms in total. The molecule has 0 atom stereocenters. The lowest BCUT2D eigenvalue weighted by molar-refractivity contribution is 0.0807. The lowest BCUT2D eigenvalue weighted by Gasteiger charge is -2.14. The van der Waals surface area contributed by atoms with Gasteiger partial charge in [0.2, 0.25) is 0 Å². The minimum absolute atomic E-state index is 0.171. The van der Waals surface area contributed by atoms with Crippen LogP contribution >= 0.6 is 0 Å². The number of nitrogens with one attached hydrogen (secondary N) is 1. The summed E-state index contributed by atoms with van der Waals surface area (Å²) in [6, 6.07) is 5.59. The zero-order chi connectivity index (χ0) is 12.8. The molecule has 1 heterocycles. The Kier molecular flexibility index (Phi) is 4.53. The third kappa shape index (κ3) is 3.80. The third-order valence-electron chi connectivity index (χ3n) is 2.08. The largest absolute Gasteiger partial charge is 0.368 e. The second kappa shape index (κ2) is 5.90. The van der Waals surface area contributed by atoms with Gasteiger partial charge in [0.25, 0.3) is 5.91 Å². The van der Waals surface area contributed by atoms with Crippen LogP contribution in [0.25, 0.3) is 0 Å². The Morgan fingerprint density at radius 3 is 2.88 bits per heavy atom. The number of amides is 1. The van der Waals surface area contributed by atoms with E-state index < -0.39 is 0 Å². The maximum atomic E-state index is 11.9. The predicted molar refractivity (Wildman–Crippen MR) is 68.8 cm³/mol. The van der Waals surface area contributed by atoms with Gasteiger partial charge in [-0.1, -0.05) is 12.0 Å². The van der Waals surface area contributed by atoms with Gasteiger partial charge in [-0.25, -0.2) is 4.98 Å². The second-order valence-electron chi connectivity index (χ2n) is 4.07. The highest BCUT2D eigenvalue weighted by Gasteiger charge is 2.12. The maximum absolute atomic E-state index is 11.9. The van der Waals surface area contributed by atoms with Crippen LogP contribution in [0.15, 0.2) is 18.2 Å². The molecule has 1 aromatic heterocycles. The second-order valence-corrected chi connectivity index (χ2v) is 4.07. The number of carbonyl (C=O) groups excluding carboxylic acids is 1. The summed E-state index contributed by atoms with van der Waals surface area (Å²) in [4.78, 5) is 17.6. The highest BCUT2D eigenvalue weighted by atomic mass is 16.2. The van der Waals surface area contributed by atoms with Gasteiger partial charge in [-0.05, 0) is 26.0 Å². The molecule has 1 rings (SSSR count). The molecule has 4 heteroatoms. The molecule has 0 aliphatic rings. The van der Waals surface area contributed by atoms with E-state index in [1.54, 1.807) is 19.2 Å². The summed E-state index contributed by atoms with van der Waals surface area (Å²) in [7, 11) is 1.66. The van der Waals surface area contributed by atoms with Crippen molar-refractivity contribution in [1.82, 2.24) is 9.88 Å². The van der Waals surface area contributed by atoms with Crippen LogP contribution in [-0.2, 0) is 0 Å². The number of rotatable bonds is 4. The first kappa shape index (κ1) is 13.0. The summed E-state index contributed by atoms with van der Waals surface area (Å²) in [5, 5.41) is 3.15. The van der Waals surface area contributed by atoms with E-state index in [1.807, 2.05) is 19.9 Å². The fraction of sp³-hybridized carbons (Fsp3) is 0.385. The van der Waals surface area contributed by atoms with Crippen molar-refractivity contribution in [2.45, 2.75) is 19.9 Å². The molecule has 0 saturated heterocycles. The molecule has 0 aliphatic carbocycles. The number of terminal acetylenes is 1. The lowest BCUT2D eigenvalue weighted by Crippen LogP contribution is -2.28. The summed E-state index contributed by atoms with van der Waals surface area (Å²) < 4.78 is 0. The quantitative estimate of drug-likeness (QED) is 0.801. The SMILES string of the molecule is C#CCN(C)C(=O)c1cccc(NC(C)C)n1. The van der Waals surface area contributed by atoms with Crippen molar-refractivity contribution in [3.8, 4) is 12.3 Å². The Labute approximate surface area is 102 Å². The number of hydrogen-bond donors (Lipinski definition) is 1. The summed E-state index contributed by atoms with van der Waals surface area (Å²) in [6.07, 6.45) is 5.16. The molecule has 0 aliphatic heterocycles. The van der Waals surface area contributed by atoms with Gasteiger partial charge >= 0.3 is 0 Å². The monoisotopic (exact) mass is 231 g/mol. The molecule has 0 radical (unpaired) electrons. The van der Waals surface area contributed by atoms with Crippen LogP contribution in [0.5, 0.6) is 0 Å². The summed E-state index contributed by atoms with van der Waals surface area (Å²) in [5.74, 6) is 2.95. The highest BCUT2D eigenvalue weighted by Crippen LogP contribution is 2.08. The van der Waals surface area contributed by atoms with E-state index in [0.717, 1.165) is 0 Å². The van der Waals surface area contributed by atoms with E-state index in [4.69, 9.17) is 6.42 Å². The van der Waals surface area contributed by atoms with Crippen molar-refractivity contribution in [2.24, 2.45) is 0 Å². The first-order valence-electron chi connectivity index (χ1n) is 5.47. The van der Waals surface area contributed by atoms with E-state index >= 15 is 0 Å². The fourth-order valence-electron chi connectivity index (χ4n) is 1.33. The lowest BCUT2D eigenvalue weighted by atomic mass is 10.3. The Bertz CT molecular complexity index is 435. The molecular formula is C13H17N3O. The van der Waals surface area contributed by atoms with Gasteiger partial charge in [-0.3, -0.25) is 4.79 Å². The molecule has 0 saturated carbocycles. The third-order valence-corrected chi connectivity index (χ3v) is 2.08. The molecule has 17 heavy (non-hydrogen) atoms. The number of aromatic nitrogens is 1. The normalized spacial score (nSPS) is 9.82. The molecule has 0 aromatic carbocycles. The smallest absolute Gasteiger partial charge is 0.273 e. The molecule has 0 fully saturated rings. The molecule has 90 valence electrons. The zero-order valence-electron chi connectivity index (χ0n) is 10.4. The van der Waals surface area contributed by atoms with Crippen molar-refractivity contribution in [3.05, 3.63) is 23.9 Å². The molecule has 1 amide bonds. The van der Waals surface area contributed by atoms with E-state index in [-0.39, 0.29) is 18.5 Å². The van der Waals surface area contributed by atoms with Gasteiger partial charge in [0.15, 0.2) is 0 Å². The Morgan fingerprint density at radius 1 is 1.59 bits per heavy atom. The van der Waals surface area contributed by atoms with E-state index in [1.165, 1.54) is 4.90 Å². The van der Waals surface area contributed by atoms with Gasteiger partial charge < -0.3 is 10.2 Å². The number of carbonyl (C=O) groups is 1. The van der Waals surface area contributed by atoms with E-state index in [2.05, 4.69) is 16.2 Å². The Morgan fingerprint density at radius 2 is 2.29 bits per heavy atom. The summed E-state index contributed by atoms with van der Waals surface area (Å²) >= 11 is 0. The van der Waals surface area contributed by atoms with Crippen molar-refractivity contribution in [1.29, 1.82) is 0 Å². The van der Waals surface area contributed by atoms with E-state index in [9.17, 15) is 4.79 Å². The van der Waals surface area contributed by atoms with Gasteiger partial charge in [0, 0.05) is 13.1 Å². The van der Waals surface area contributed by atoms with Crippen LogP contribution in [-0.4, -0.2) is 35.4 Å².